The summed E-state index contributed by atoms with van der Waals surface area (Å²) < 4.78 is 10.8. The fraction of sp³-hybridized carbons (Fsp3) is 0.174. The van der Waals surface area contributed by atoms with E-state index in [-0.39, 0.29) is 12.5 Å². The molecule has 0 aromatic heterocycles. The highest BCUT2D eigenvalue weighted by molar-refractivity contribution is 6.31. The molecule has 3 aromatic rings. The third-order valence-corrected chi connectivity index (χ3v) is 5.09. The molecule has 30 heavy (non-hydrogen) atoms. The number of anilines is 1. The molecule has 0 amide bonds. The number of nitrogens with one attached hydrogen (secondary N) is 2. The predicted molar refractivity (Wildman–Crippen MR) is 118 cm³/mol. The Morgan fingerprint density at radius 2 is 1.90 bits per heavy atom. The summed E-state index contributed by atoms with van der Waals surface area (Å²) in [5.41, 5.74) is 3.73. The van der Waals surface area contributed by atoms with Crippen molar-refractivity contribution in [2.75, 3.05) is 12.1 Å². The van der Waals surface area contributed by atoms with Gasteiger partial charge in [0.05, 0.1) is 6.54 Å². The number of aryl methyl sites for hydroxylation is 1. The van der Waals surface area contributed by atoms with E-state index in [2.05, 4.69) is 10.6 Å². The molecule has 0 radical (unpaired) electrons. The van der Waals surface area contributed by atoms with Crippen molar-refractivity contribution in [3.8, 4) is 17.2 Å². The number of phenolic OH excluding ortho intramolecular Hbond substituents is 1. The monoisotopic (exact) mass is 423 g/mol. The van der Waals surface area contributed by atoms with E-state index in [1.165, 1.54) is 0 Å². The maximum absolute atomic E-state index is 9.67. The number of ether oxygens (including phenoxy) is 2. The second-order valence-corrected chi connectivity index (χ2v) is 7.33. The molecule has 1 heterocycles. The van der Waals surface area contributed by atoms with Crippen LogP contribution in [0.5, 0.6) is 17.2 Å². The lowest BCUT2D eigenvalue weighted by molar-refractivity contribution is 0.174. The Kier molecular flexibility index (Phi) is 5.95. The Labute approximate surface area is 180 Å². The van der Waals surface area contributed by atoms with Crippen LogP contribution in [0.4, 0.5) is 5.69 Å². The molecule has 3 aromatic carbocycles. The van der Waals surface area contributed by atoms with Gasteiger partial charge in [0.2, 0.25) is 6.79 Å². The van der Waals surface area contributed by atoms with Gasteiger partial charge in [-0.2, -0.15) is 0 Å². The maximum atomic E-state index is 9.67. The second-order valence-electron chi connectivity index (χ2n) is 6.92. The predicted octanol–water partition coefficient (Wildman–Crippen LogP) is 4.84. The van der Waals surface area contributed by atoms with Gasteiger partial charge in [-0.3, -0.25) is 0 Å². The van der Waals surface area contributed by atoms with Crippen molar-refractivity contribution in [2.24, 2.45) is 4.99 Å². The van der Waals surface area contributed by atoms with E-state index in [4.69, 9.17) is 26.1 Å². The first-order valence-electron chi connectivity index (χ1n) is 9.55. The van der Waals surface area contributed by atoms with Crippen LogP contribution in [0.25, 0.3) is 0 Å². The van der Waals surface area contributed by atoms with Crippen LogP contribution >= 0.6 is 11.6 Å². The van der Waals surface area contributed by atoms with E-state index in [0.717, 1.165) is 33.9 Å². The summed E-state index contributed by atoms with van der Waals surface area (Å²) in [6, 6.07) is 18.6. The Balaban J connectivity index is 1.53. The largest absolute Gasteiger partial charge is 0.508 e. The lowest BCUT2D eigenvalue weighted by Crippen LogP contribution is -2.30. The number of benzene rings is 3. The number of phenols is 1. The van der Waals surface area contributed by atoms with Crippen LogP contribution in [0.1, 0.15) is 16.7 Å². The zero-order valence-electron chi connectivity index (χ0n) is 16.5. The number of hydrogen-bond acceptors (Lipinski definition) is 4. The van der Waals surface area contributed by atoms with Crippen molar-refractivity contribution in [3.05, 3.63) is 82.4 Å². The Morgan fingerprint density at radius 1 is 1.07 bits per heavy atom. The number of nitrogens with zero attached hydrogens (tertiary/aromatic N) is 1. The van der Waals surface area contributed by atoms with Gasteiger partial charge in [-0.1, -0.05) is 35.9 Å². The molecule has 0 fully saturated rings. The summed E-state index contributed by atoms with van der Waals surface area (Å²) in [4.78, 5) is 4.72. The van der Waals surface area contributed by atoms with Gasteiger partial charge in [0.25, 0.3) is 0 Å². The first-order chi connectivity index (χ1) is 14.6. The fourth-order valence-electron chi connectivity index (χ4n) is 3.09. The van der Waals surface area contributed by atoms with Crippen LogP contribution in [-0.4, -0.2) is 17.9 Å². The number of hydrogen-bond donors (Lipinski definition) is 3. The van der Waals surface area contributed by atoms with E-state index in [1.54, 1.807) is 12.1 Å². The van der Waals surface area contributed by atoms with Crippen LogP contribution in [0.15, 0.2) is 65.7 Å². The summed E-state index contributed by atoms with van der Waals surface area (Å²) in [6.07, 6.45) is 0. The highest BCUT2D eigenvalue weighted by atomic mass is 35.5. The smallest absolute Gasteiger partial charge is 0.231 e. The number of rotatable bonds is 5. The molecule has 0 spiro atoms. The molecule has 1 aliphatic heterocycles. The topological polar surface area (TPSA) is 75.1 Å². The standard InChI is InChI=1S/C23H22ClN3O3/c1-15-10-18(28)7-8-20(15)27-23(26-13-17-4-2-3-5-19(17)24)25-12-16-6-9-21-22(11-16)30-14-29-21/h2-11,28H,12-14H2,1H3,(H2,25,26,27). The van der Waals surface area contributed by atoms with Crippen LogP contribution < -0.4 is 20.1 Å². The summed E-state index contributed by atoms with van der Waals surface area (Å²) in [7, 11) is 0. The van der Waals surface area contributed by atoms with E-state index >= 15 is 0 Å². The lowest BCUT2D eigenvalue weighted by Gasteiger charge is -2.15. The van der Waals surface area contributed by atoms with Crippen molar-refractivity contribution >= 4 is 23.2 Å². The van der Waals surface area contributed by atoms with Gasteiger partial charge in [0, 0.05) is 17.3 Å². The van der Waals surface area contributed by atoms with Gasteiger partial charge < -0.3 is 25.2 Å². The molecular formula is C23H22ClN3O3. The second kappa shape index (κ2) is 8.97. The van der Waals surface area contributed by atoms with Crippen molar-refractivity contribution in [2.45, 2.75) is 20.0 Å². The minimum atomic E-state index is 0.223. The van der Waals surface area contributed by atoms with E-state index in [9.17, 15) is 5.11 Å². The number of aliphatic imine (C=N–C) groups is 1. The number of guanidine groups is 1. The molecule has 0 aliphatic carbocycles. The number of halogens is 1. The van der Waals surface area contributed by atoms with Crippen LogP contribution in [-0.2, 0) is 13.1 Å². The van der Waals surface area contributed by atoms with Gasteiger partial charge in [-0.05, 0) is 60.0 Å². The number of fused-ring (bicyclic) bond motifs is 1. The Morgan fingerprint density at radius 3 is 2.73 bits per heavy atom. The molecule has 0 atom stereocenters. The average Bonchev–Trinajstić information content (AvgIpc) is 3.20. The molecule has 7 heteroatoms. The minimum absolute atomic E-state index is 0.223. The molecule has 0 unspecified atom stereocenters. The average molecular weight is 424 g/mol. The van der Waals surface area contributed by atoms with Gasteiger partial charge in [-0.15, -0.1) is 0 Å². The first kappa shape index (κ1) is 19.9. The highest BCUT2D eigenvalue weighted by Gasteiger charge is 2.13. The molecule has 154 valence electrons. The molecule has 3 N–H and O–H groups in total. The zero-order valence-corrected chi connectivity index (χ0v) is 17.2. The van der Waals surface area contributed by atoms with Crippen molar-refractivity contribution in [3.63, 3.8) is 0 Å². The van der Waals surface area contributed by atoms with E-state index < -0.39 is 0 Å². The van der Waals surface area contributed by atoms with Crippen LogP contribution in [0.2, 0.25) is 5.02 Å². The Hall–Kier alpha value is -3.38. The van der Waals surface area contributed by atoms with Gasteiger partial charge in [0.1, 0.15) is 5.75 Å². The SMILES string of the molecule is Cc1cc(O)ccc1NC(=NCc1ccc2c(c1)OCO2)NCc1ccccc1Cl. The number of aromatic hydroxyl groups is 1. The van der Waals surface area contributed by atoms with Crippen LogP contribution in [0, 0.1) is 6.92 Å². The van der Waals surface area contributed by atoms with Gasteiger partial charge in [0.15, 0.2) is 17.5 Å². The van der Waals surface area contributed by atoms with Crippen molar-refractivity contribution in [1.82, 2.24) is 5.32 Å². The summed E-state index contributed by atoms with van der Waals surface area (Å²) >= 11 is 6.28. The maximum Gasteiger partial charge on any atom is 0.231 e. The quantitative estimate of drug-likeness (QED) is 0.311. The minimum Gasteiger partial charge on any atom is -0.508 e. The lowest BCUT2D eigenvalue weighted by atomic mass is 10.2. The summed E-state index contributed by atoms with van der Waals surface area (Å²) in [6.45, 7) is 3.13. The molecular weight excluding hydrogens is 402 g/mol. The molecule has 1 aliphatic rings. The van der Waals surface area contributed by atoms with E-state index in [1.807, 2.05) is 55.5 Å². The van der Waals surface area contributed by atoms with Crippen LogP contribution in [0.3, 0.4) is 0 Å². The van der Waals surface area contributed by atoms with Gasteiger partial charge in [-0.25, -0.2) is 4.99 Å². The zero-order chi connectivity index (χ0) is 20.9. The van der Waals surface area contributed by atoms with Crippen molar-refractivity contribution in [1.29, 1.82) is 0 Å². The third kappa shape index (κ3) is 4.78. The fourth-order valence-corrected chi connectivity index (χ4v) is 3.29. The summed E-state index contributed by atoms with van der Waals surface area (Å²) in [5.74, 6) is 2.30. The molecule has 4 rings (SSSR count). The molecule has 6 nitrogen and oxygen atoms in total. The third-order valence-electron chi connectivity index (χ3n) is 4.72. The Bertz CT molecular complexity index is 1090. The molecule has 0 bridgehead atoms. The highest BCUT2D eigenvalue weighted by Crippen LogP contribution is 2.32. The van der Waals surface area contributed by atoms with E-state index in [0.29, 0.717) is 24.1 Å². The van der Waals surface area contributed by atoms with Gasteiger partial charge >= 0.3 is 0 Å². The normalized spacial score (nSPS) is 12.7. The molecule has 0 saturated carbocycles. The first-order valence-corrected chi connectivity index (χ1v) is 9.93. The summed E-state index contributed by atoms with van der Waals surface area (Å²) in [5, 5.41) is 17.0. The molecule has 0 saturated heterocycles. The van der Waals surface area contributed by atoms with Crippen molar-refractivity contribution < 1.29 is 14.6 Å².